The highest BCUT2D eigenvalue weighted by molar-refractivity contribution is 7.99. The van der Waals surface area contributed by atoms with E-state index in [0.29, 0.717) is 10.4 Å². The van der Waals surface area contributed by atoms with Crippen LogP contribution >= 0.6 is 11.8 Å². The molecular formula is C17H12N4O2S. The molecule has 4 rings (SSSR count). The molecule has 0 saturated carbocycles. The van der Waals surface area contributed by atoms with E-state index >= 15 is 0 Å². The number of aromatic amines is 1. The zero-order valence-corrected chi connectivity index (χ0v) is 13.5. The maximum absolute atomic E-state index is 11.5. The number of hydrogen-bond acceptors (Lipinski definition) is 5. The van der Waals surface area contributed by atoms with Gasteiger partial charge < -0.3 is 4.98 Å². The SMILES string of the molecule is Cc1nc2cc(Sc3cccc4cnccc34)c([N+](=O)[O-])cc2[nH]1. The van der Waals surface area contributed by atoms with Crippen molar-refractivity contribution in [2.75, 3.05) is 0 Å². The number of nitro groups is 1. The van der Waals surface area contributed by atoms with Gasteiger partial charge in [-0.25, -0.2) is 4.98 Å². The van der Waals surface area contributed by atoms with Crippen LogP contribution in [0.25, 0.3) is 21.8 Å². The Bertz CT molecular complexity index is 1090. The van der Waals surface area contributed by atoms with Crippen molar-refractivity contribution in [3.63, 3.8) is 0 Å². The number of nitrogens with one attached hydrogen (secondary N) is 1. The molecule has 4 aromatic rings. The lowest BCUT2D eigenvalue weighted by Gasteiger charge is -2.06. The average Bonchev–Trinajstić information content (AvgIpc) is 2.93. The van der Waals surface area contributed by atoms with E-state index in [2.05, 4.69) is 15.0 Å². The first-order valence-electron chi connectivity index (χ1n) is 7.27. The third-order valence-corrected chi connectivity index (χ3v) is 4.86. The molecular weight excluding hydrogens is 324 g/mol. The summed E-state index contributed by atoms with van der Waals surface area (Å²) in [6, 6.07) is 11.1. The van der Waals surface area contributed by atoms with Crippen molar-refractivity contribution in [1.82, 2.24) is 15.0 Å². The monoisotopic (exact) mass is 336 g/mol. The number of aryl methyl sites for hydroxylation is 1. The van der Waals surface area contributed by atoms with Crippen molar-refractivity contribution in [1.29, 1.82) is 0 Å². The Kier molecular flexibility index (Phi) is 3.42. The lowest BCUT2D eigenvalue weighted by molar-refractivity contribution is -0.387. The molecule has 0 radical (unpaired) electrons. The Morgan fingerprint density at radius 1 is 1.21 bits per heavy atom. The highest BCUT2D eigenvalue weighted by Gasteiger charge is 2.18. The van der Waals surface area contributed by atoms with Crippen molar-refractivity contribution < 1.29 is 4.92 Å². The maximum atomic E-state index is 11.5. The van der Waals surface area contributed by atoms with Gasteiger partial charge in [-0.05, 0) is 30.5 Å². The summed E-state index contributed by atoms with van der Waals surface area (Å²) < 4.78 is 0. The second-order valence-corrected chi connectivity index (χ2v) is 6.46. The van der Waals surface area contributed by atoms with Gasteiger partial charge >= 0.3 is 0 Å². The molecule has 1 N–H and O–H groups in total. The number of imidazole rings is 1. The first-order chi connectivity index (χ1) is 11.6. The summed E-state index contributed by atoms with van der Waals surface area (Å²) in [6.45, 7) is 1.83. The van der Waals surface area contributed by atoms with Crippen LogP contribution in [0, 0.1) is 17.0 Å². The molecule has 0 aliphatic heterocycles. The molecule has 0 unspecified atom stereocenters. The molecule has 0 aliphatic rings. The van der Waals surface area contributed by atoms with Crippen LogP contribution in [0.1, 0.15) is 5.82 Å². The van der Waals surface area contributed by atoms with E-state index in [0.717, 1.165) is 27.0 Å². The predicted octanol–water partition coefficient (Wildman–Crippen LogP) is 4.48. The van der Waals surface area contributed by atoms with Gasteiger partial charge in [-0.15, -0.1) is 0 Å². The summed E-state index contributed by atoms with van der Waals surface area (Å²) in [5.74, 6) is 0.734. The van der Waals surface area contributed by atoms with E-state index in [4.69, 9.17) is 0 Å². The molecule has 118 valence electrons. The van der Waals surface area contributed by atoms with Gasteiger partial charge in [-0.2, -0.15) is 0 Å². The number of nitro benzene ring substituents is 1. The van der Waals surface area contributed by atoms with Gasteiger partial charge in [-0.1, -0.05) is 23.9 Å². The van der Waals surface area contributed by atoms with Gasteiger partial charge in [0.2, 0.25) is 0 Å². The number of fused-ring (bicyclic) bond motifs is 2. The van der Waals surface area contributed by atoms with Crippen molar-refractivity contribution >= 4 is 39.3 Å². The Labute approximate surface area is 141 Å². The zero-order valence-electron chi connectivity index (χ0n) is 12.7. The van der Waals surface area contributed by atoms with E-state index in [1.165, 1.54) is 11.8 Å². The fourth-order valence-electron chi connectivity index (χ4n) is 2.68. The van der Waals surface area contributed by atoms with Crippen LogP contribution in [0.2, 0.25) is 0 Å². The zero-order chi connectivity index (χ0) is 16.7. The molecule has 0 spiro atoms. The number of pyridine rings is 1. The molecule has 0 atom stereocenters. The molecule has 2 heterocycles. The molecule has 0 bridgehead atoms. The number of aromatic nitrogens is 3. The normalized spacial score (nSPS) is 11.2. The Morgan fingerprint density at radius 3 is 2.92 bits per heavy atom. The summed E-state index contributed by atoms with van der Waals surface area (Å²) in [5, 5.41) is 13.5. The van der Waals surface area contributed by atoms with Crippen LogP contribution in [-0.2, 0) is 0 Å². The first kappa shape index (κ1) is 14.6. The maximum Gasteiger partial charge on any atom is 0.285 e. The summed E-state index contributed by atoms with van der Waals surface area (Å²) in [5.41, 5.74) is 1.47. The van der Waals surface area contributed by atoms with Crippen molar-refractivity contribution in [3.8, 4) is 0 Å². The van der Waals surface area contributed by atoms with Crippen molar-refractivity contribution in [2.45, 2.75) is 16.7 Å². The molecule has 2 aromatic heterocycles. The molecule has 0 saturated heterocycles. The molecule has 0 fully saturated rings. The summed E-state index contributed by atoms with van der Waals surface area (Å²) in [6.07, 6.45) is 3.51. The third-order valence-electron chi connectivity index (χ3n) is 3.74. The van der Waals surface area contributed by atoms with Crippen LogP contribution < -0.4 is 0 Å². The summed E-state index contributed by atoms with van der Waals surface area (Å²) in [4.78, 5) is 24.2. The van der Waals surface area contributed by atoms with E-state index < -0.39 is 0 Å². The second kappa shape index (κ2) is 5.61. The predicted molar refractivity (Wildman–Crippen MR) is 93.4 cm³/mol. The quantitative estimate of drug-likeness (QED) is 0.440. The van der Waals surface area contributed by atoms with E-state index in [1.807, 2.05) is 31.2 Å². The first-order valence-corrected chi connectivity index (χ1v) is 8.09. The molecule has 0 amide bonds. The molecule has 24 heavy (non-hydrogen) atoms. The second-order valence-electron chi connectivity index (χ2n) is 5.37. The standard InChI is InChI=1S/C17H12N4O2S/c1-10-19-13-7-15(21(22)23)17(8-14(13)20-10)24-16-4-2-3-11-9-18-6-5-12(11)16/h2-9H,1H3,(H,19,20). The Hall–Kier alpha value is -2.93. The fourth-order valence-corrected chi connectivity index (χ4v) is 3.77. The van der Waals surface area contributed by atoms with Gasteiger partial charge in [0.05, 0.1) is 20.9 Å². The topological polar surface area (TPSA) is 84.7 Å². The van der Waals surface area contributed by atoms with E-state index in [9.17, 15) is 10.1 Å². The van der Waals surface area contributed by atoms with Crippen molar-refractivity contribution in [2.24, 2.45) is 0 Å². The number of H-pyrrole nitrogens is 1. The Balaban J connectivity index is 1.88. The lowest BCUT2D eigenvalue weighted by Crippen LogP contribution is -1.91. The highest BCUT2D eigenvalue weighted by atomic mass is 32.2. The summed E-state index contributed by atoms with van der Waals surface area (Å²) in [7, 11) is 0. The van der Waals surface area contributed by atoms with E-state index in [-0.39, 0.29) is 10.6 Å². The number of nitrogens with zero attached hydrogens (tertiary/aromatic N) is 3. The highest BCUT2D eigenvalue weighted by Crippen LogP contribution is 2.39. The number of hydrogen-bond donors (Lipinski definition) is 1. The Morgan fingerprint density at radius 2 is 2.08 bits per heavy atom. The van der Waals surface area contributed by atoms with Crippen LogP contribution in [0.3, 0.4) is 0 Å². The minimum Gasteiger partial charge on any atom is -0.342 e. The largest absolute Gasteiger partial charge is 0.342 e. The van der Waals surface area contributed by atoms with Gasteiger partial charge in [-0.3, -0.25) is 15.1 Å². The molecule has 0 aliphatic carbocycles. The van der Waals surface area contributed by atoms with Gasteiger partial charge in [0.1, 0.15) is 5.82 Å². The van der Waals surface area contributed by atoms with Crippen LogP contribution in [0.5, 0.6) is 0 Å². The van der Waals surface area contributed by atoms with Crippen LogP contribution in [0.4, 0.5) is 5.69 Å². The minimum atomic E-state index is -0.357. The minimum absolute atomic E-state index is 0.0715. The number of rotatable bonds is 3. The van der Waals surface area contributed by atoms with Gasteiger partial charge in [0, 0.05) is 28.7 Å². The molecule has 6 nitrogen and oxygen atoms in total. The third kappa shape index (κ3) is 2.48. The van der Waals surface area contributed by atoms with Gasteiger partial charge in [0.25, 0.3) is 5.69 Å². The molecule has 2 aromatic carbocycles. The number of benzene rings is 2. The summed E-state index contributed by atoms with van der Waals surface area (Å²) >= 11 is 1.37. The van der Waals surface area contributed by atoms with Crippen molar-refractivity contribution in [3.05, 3.63) is 64.7 Å². The van der Waals surface area contributed by atoms with Crippen LogP contribution in [0.15, 0.2) is 58.6 Å². The average molecular weight is 336 g/mol. The lowest BCUT2D eigenvalue weighted by atomic mass is 10.2. The van der Waals surface area contributed by atoms with Gasteiger partial charge in [0.15, 0.2) is 0 Å². The molecule has 7 heteroatoms. The van der Waals surface area contributed by atoms with Crippen LogP contribution in [-0.4, -0.2) is 19.9 Å². The van der Waals surface area contributed by atoms with E-state index in [1.54, 1.807) is 24.5 Å². The fraction of sp³-hybridized carbons (Fsp3) is 0.0588. The smallest absolute Gasteiger partial charge is 0.285 e.